The van der Waals surface area contributed by atoms with Gasteiger partial charge in [-0.05, 0) is 29.8 Å². The van der Waals surface area contributed by atoms with Crippen LogP contribution < -0.4 is 10.6 Å². The predicted octanol–water partition coefficient (Wildman–Crippen LogP) is 2.71. The zero-order valence-electron chi connectivity index (χ0n) is 10.5. The van der Waals surface area contributed by atoms with Crippen molar-refractivity contribution in [1.29, 1.82) is 0 Å². The molecule has 1 aromatic carbocycles. The van der Waals surface area contributed by atoms with E-state index in [4.69, 9.17) is 11.6 Å². The van der Waals surface area contributed by atoms with Crippen molar-refractivity contribution in [3.05, 3.63) is 58.9 Å². The number of aromatic nitrogens is 1. The highest BCUT2D eigenvalue weighted by Gasteiger charge is 2.05. The van der Waals surface area contributed by atoms with Gasteiger partial charge < -0.3 is 10.6 Å². The van der Waals surface area contributed by atoms with Crippen LogP contribution in [0.4, 0.5) is 5.69 Å². The average Bonchev–Trinajstić information content (AvgIpc) is 2.45. The Balaban J connectivity index is 2.05. The Morgan fingerprint density at radius 1 is 1.32 bits per heavy atom. The van der Waals surface area contributed by atoms with Crippen molar-refractivity contribution < 1.29 is 4.79 Å². The maximum absolute atomic E-state index is 11.5. The summed E-state index contributed by atoms with van der Waals surface area (Å²) in [5, 5.41) is 6.48. The number of benzene rings is 1. The molecule has 0 spiro atoms. The molecule has 5 heteroatoms. The number of pyridine rings is 1. The Kier molecular flexibility index (Phi) is 4.36. The molecule has 0 bridgehead atoms. The normalized spacial score (nSPS) is 10.0. The quantitative estimate of drug-likeness (QED) is 0.902. The zero-order valence-corrected chi connectivity index (χ0v) is 11.2. The molecule has 2 N–H and O–H groups in total. The van der Waals surface area contributed by atoms with Gasteiger partial charge in [0.05, 0.1) is 0 Å². The van der Waals surface area contributed by atoms with E-state index in [9.17, 15) is 4.79 Å². The van der Waals surface area contributed by atoms with Crippen LogP contribution in [0.5, 0.6) is 0 Å². The molecule has 0 aliphatic carbocycles. The fourth-order valence-electron chi connectivity index (χ4n) is 1.64. The lowest BCUT2D eigenvalue weighted by atomic mass is 10.2. The fourth-order valence-corrected chi connectivity index (χ4v) is 1.86. The van der Waals surface area contributed by atoms with Crippen LogP contribution in [-0.4, -0.2) is 17.9 Å². The molecule has 98 valence electrons. The molecule has 0 fully saturated rings. The molecule has 0 atom stereocenters. The van der Waals surface area contributed by atoms with E-state index in [2.05, 4.69) is 15.6 Å². The van der Waals surface area contributed by atoms with Crippen molar-refractivity contribution >= 4 is 23.2 Å². The van der Waals surface area contributed by atoms with Gasteiger partial charge in [-0.1, -0.05) is 23.7 Å². The third-order valence-electron chi connectivity index (χ3n) is 2.61. The van der Waals surface area contributed by atoms with E-state index >= 15 is 0 Å². The average molecular weight is 276 g/mol. The summed E-state index contributed by atoms with van der Waals surface area (Å²) in [6.07, 6.45) is 1.60. The van der Waals surface area contributed by atoms with E-state index in [0.717, 1.165) is 11.3 Å². The zero-order chi connectivity index (χ0) is 13.7. The van der Waals surface area contributed by atoms with E-state index in [1.807, 2.05) is 30.3 Å². The highest BCUT2D eigenvalue weighted by molar-refractivity contribution is 6.30. The Morgan fingerprint density at radius 2 is 2.16 bits per heavy atom. The van der Waals surface area contributed by atoms with Gasteiger partial charge in [0.1, 0.15) is 5.69 Å². The summed E-state index contributed by atoms with van der Waals surface area (Å²) < 4.78 is 0. The maximum Gasteiger partial charge on any atom is 0.269 e. The molecule has 1 heterocycles. The van der Waals surface area contributed by atoms with Gasteiger partial charge >= 0.3 is 0 Å². The van der Waals surface area contributed by atoms with Gasteiger partial charge in [0.25, 0.3) is 5.91 Å². The van der Waals surface area contributed by atoms with Crippen LogP contribution in [0.15, 0.2) is 42.6 Å². The van der Waals surface area contributed by atoms with Crippen LogP contribution in [0.2, 0.25) is 5.02 Å². The van der Waals surface area contributed by atoms with Crippen molar-refractivity contribution in [1.82, 2.24) is 10.3 Å². The summed E-state index contributed by atoms with van der Waals surface area (Å²) in [6.45, 7) is 0.637. The van der Waals surface area contributed by atoms with Gasteiger partial charge in [0.2, 0.25) is 0 Å². The summed E-state index contributed by atoms with van der Waals surface area (Å²) >= 11 is 5.92. The molecular weight excluding hydrogens is 262 g/mol. The SMILES string of the molecule is CNC(=O)c1cc(NCc2cccc(Cl)c2)ccn1. The minimum atomic E-state index is -0.202. The molecule has 4 nitrogen and oxygen atoms in total. The third kappa shape index (κ3) is 3.69. The predicted molar refractivity (Wildman–Crippen MR) is 76.4 cm³/mol. The highest BCUT2D eigenvalue weighted by atomic mass is 35.5. The molecule has 0 unspecified atom stereocenters. The van der Waals surface area contributed by atoms with Crippen molar-refractivity contribution in [3.63, 3.8) is 0 Å². The van der Waals surface area contributed by atoms with Crippen LogP contribution in [0.3, 0.4) is 0 Å². The molecular formula is C14H14ClN3O. The molecule has 0 saturated carbocycles. The second kappa shape index (κ2) is 6.20. The van der Waals surface area contributed by atoms with Crippen molar-refractivity contribution in [2.75, 3.05) is 12.4 Å². The first-order valence-electron chi connectivity index (χ1n) is 5.85. The Morgan fingerprint density at radius 3 is 2.89 bits per heavy atom. The van der Waals surface area contributed by atoms with E-state index in [0.29, 0.717) is 17.3 Å². The molecule has 0 aliphatic rings. The third-order valence-corrected chi connectivity index (χ3v) is 2.84. The topological polar surface area (TPSA) is 54.0 Å². The van der Waals surface area contributed by atoms with Crippen LogP contribution in [0, 0.1) is 0 Å². The maximum atomic E-state index is 11.5. The van der Waals surface area contributed by atoms with Crippen molar-refractivity contribution in [3.8, 4) is 0 Å². The Labute approximate surface area is 116 Å². The minimum Gasteiger partial charge on any atom is -0.381 e. The van der Waals surface area contributed by atoms with Gasteiger partial charge in [-0.2, -0.15) is 0 Å². The molecule has 2 rings (SSSR count). The number of carbonyl (C=O) groups excluding carboxylic acids is 1. The van der Waals surface area contributed by atoms with Gasteiger partial charge in [-0.15, -0.1) is 0 Å². The standard InChI is InChI=1S/C14H14ClN3O/c1-16-14(19)13-8-12(5-6-17-13)18-9-10-3-2-4-11(15)7-10/h2-8H,9H2,1H3,(H,16,19)(H,17,18). The van der Waals surface area contributed by atoms with Gasteiger partial charge in [-0.3, -0.25) is 9.78 Å². The van der Waals surface area contributed by atoms with E-state index < -0.39 is 0 Å². The smallest absolute Gasteiger partial charge is 0.269 e. The lowest BCUT2D eigenvalue weighted by Gasteiger charge is -2.08. The molecule has 0 saturated heterocycles. The second-order valence-corrected chi connectivity index (χ2v) is 4.43. The van der Waals surface area contributed by atoms with Crippen LogP contribution >= 0.6 is 11.6 Å². The first-order chi connectivity index (χ1) is 9.19. The minimum absolute atomic E-state index is 0.202. The van der Waals surface area contributed by atoms with Crippen molar-refractivity contribution in [2.45, 2.75) is 6.54 Å². The van der Waals surface area contributed by atoms with Gasteiger partial charge in [0, 0.05) is 30.5 Å². The lowest BCUT2D eigenvalue weighted by Crippen LogP contribution is -2.19. The van der Waals surface area contributed by atoms with Gasteiger partial charge in [-0.25, -0.2) is 0 Å². The number of nitrogens with one attached hydrogen (secondary N) is 2. The first kappa shape index (κ1) is 13.4. The number of nitrogens with zero attached hydrogens (tertiary/aromatic N) is 1. The Hall–Kier alpha value is -2.07. The number of carbonyl (C=O) groups is 1. The number of rotatable bonds is 4. The monoisotopic (exact) mass is 275 g/mol. The molecule has 19 heavy (non-hydrogen) atoms. The highest BCUT2D eigenvalue weighted by Crippen LogP contribution is 2.13. The largest absolute Gasteiger partial charge is 0.381 e. The number of halogens is 1. The summed E-state index contributed by atoms with van der Waals surface area (Å²) in [4.78, 5) is 15.5. The molecule has 1 aromatic heterocycles. The molecule has 2 aromatic rings. The summed E-state index contributed by atoms with van der Waals surface area (Å²) in [5.74, 6) is -0.202. The number of hydrogen-bond donors (Lipinski definition) is 2. The van der Waals surface area contributed by atoms with Crippen LogP contribution in [0.1, 0.15) is 16.1 Å². The molecule has 1 amide bonds. The lowest BCUT2D eigenvalue weighted by molar-refractivity contribution is 0.0958. The number of anilines is 1. The number of amides is 1. The summed E-state index contributed by atoms with van der Waals surface area (Å²) in [5.41, 5.74) is 2.30. The van der Waals surface area contributed by atoms with Crippen LogP contribution in [-0.2, 0) is 6.54 Å². The molecule has 0 aliphatic heterocycles. The van der Waals surface area contributed by atoms with E-state index in [1.54, 1.807) is 19.3 Å². The number of hydrogen-bond acceptors (Lipinski definition) is 3. The van der Waals surface area contributed by atoms with Gasteiger partial charge in [0.15, 0.2) is 0 Å². The molecule has 0 radical (unpaired) electrons. The second-order valence-electron chi connectivity index (χ2n) is 3.99. The van der Waals surface area contributed by atoms with E-state index in [-0.39, 0.29) is 5.91 Å². The summed E-state index contributed by atoms with van der Waals surface area (Å²) in [6, 6.07) is 11.2. The summed E-state index contributed by atoms with van der Waals surface area (Å²) in [7, 11) is 1.58. The first-order valence-corrected chi connectivity index (χ1v) is 6.23. The fraction of sp³-hybridized carbons (Fsp3) is 0.143. The van der Waals surface area contributed by atoms with E-state index in [1.165, 1.54) is 0 Å². The van der Waals surface area contributed by atoms with Crippen LogP contribution in [0.25, 0.3) is 0 Å². The van der Waals surface area contributed by atoms with Crippen molar-refractivity contribution in [2.24, 2.45) is 0 Å². The Bertz CT molecular complexity index is 586.